The van der Waals surface area contributed by atoms with Crippen LogP contribution in [0.15, 0.2) is 18.2 Å². The Hall–Kier alpha value is -1.18. The quantitative estimate of drug-likeness (QED) is 0.662. The maximum atomic E-state index is 5.89. The second kappa shape index (κ2) is 4.00. The minimum atomic E-state index is 0.609. The summed E-state index contributed by atoms with van der Waals surface area (Å²) in [4.78, 5) is 2.56. The summed E-state index contributed by atoms with van der Waals surface area (Å²) in [7, 11) is 0. The van der Waals surface area contributed by atoms with Crippen molar-refractivity contribution in [3.05, 3.63) is 23.8 Å². The van der Waals surface area contributed by atoms with Crippen molar-refractivity contribution in [1.82, 2.24) is 0 Å². The summed E-state index contributed by atoms with van der Waals surface area (Å²) in [6, 6.07) is 7.19. The van der Waals surface area contributed by atoms with E-state index in [2.05, 4.69) is 30.0 Å². The molecule has 2 aliphatic rings. The summed E-state index contributed by atoms with van der Waals surface area (Å²) in [6.07, 6.45) is 5.33. The number of hydrogen-bond donors (Lipinski definition) is 0. The highest BCUT2D eigenvalue weighted by atomic mass is 16.5. The Bertz CT molecular complexity index is 388. The van der Waals surface area contributed by atoms with E-state index in [1.807, 2.05) is 0 Å². The van der Waals surface area contributed by atoms with Crippen molar-refractivity contribution >= 4 is 5.69 Å². The Labute approximate surface area is 97.2 Å². The van der Waals surface area contributed by atoms with Crippen molar-refractivity contribution in [2.24, 2.45) is 0 Å². The maximum absolute atomic E-state index is 5.89. The molecule has 1 aromatic rings. The molecule has 0 amide bonds. The Morgan fingerprint density at radius 1 is 1.25 bits per heavy atom. The Kier molecular flexibility index (Phi) is 2.50. The summed E-state index contributed by atoms with van der Waals surface area (Å²) in [5.41, 5.74) is 2.59. The van der Waals surface area contributed by atoms with E-state index in [1.54, 1.807) is 0 Å². The minimum absolute atomic E-state index is 0.609. The molecule has 1 atom stereocenters. The average molecular weight is 217 g/mol. The molecule has 86 valence electrons. The molecule has 0 spiro atoms. The predicted molar refractivity (Wildman–Crippen MR) is 66.3 cm³/mol. The topological polar surface area (TPSA) is 12.5 Å². The van der Waals surface area contributed by atoms with Crippen LogP contribution in [-0.2, 0) is 0 Å². The summed E-state index contributed by atoms with van der Waals surface area (Å²) >= 11 is 0. The number of fused-ring (bicyclic) bond motifs is 3. The van der Waals surface area contributed by atoms with Crippen molar-refractivity contribution in [2.75, 3.05) is 18.1 Å². The molecule has 0 aliphatic carbocycles. The van der Waals surface area contributed by atoms with Gasteiger partial charge in [-0.25, -0.2) is 0 Å². The molecular weight excluding hydrogens is 198 g/mol. The van der Waals surface area contributed by atoms with Crippen molar-refractivity contribution in [2.45, 2.75) is 38.6 Å². The van der Waals surface area contributed by atoms with Crippen LogP contribution in [0.3, 0.4) is 0 Å². The zero-order chi connectivity index (χ0) is 11.0. The Morgan fingerprint density at radius 2 is 2.19 bits per heavy atom. The van der Waals surface area contributed by atoms with Gasteiger partial charge in [-0.1, -0.05) is 18.9 Å². The summed E-state index contributed by atoms with van der Waals surface area (Å²) in [6.45, 7) is 4.19. The molecule has 2 nitrogen and oxygen atoms in total. The number of rotatable bonds is 0. The lowest BCUT2D eigenvalue weighted by molar-refractivity contribution is 0.258. The molecule has 0 bridgehead atoms. The molecule has 1 fully saturated rings. The minimum Gasteiger partial charge on any atom is -0.489 e. The molecule has 1 aromatic carbocycles. The van der Waals surface area contributed by atoms with Gasteiger partial charge in [-0.3, -0.25) is 0 Å². The smallest absolute Gasteiger partial charge is 0.142 e. The zero-order valence-corrected chi connectivity index (χ0v) is 9.91. The van der Waals surface area contributed by atoms with Gasteiger partial charge in [0, 0.05) is 6.54 Å². The number of anilines is 1. The van der Waals surface area contributed by atoms with Crippen LogP contribution >= 0.6 is 0 Å². The summed E-state index contributed by atoms with van der Waals surface area (Å²) in [5.74, 6) is 1.08. The molecule has 0 aromatic heterocycles. The van der Waals surface area contributed by atoms with E-state index in [-0.39, 0.29) is 0 Å². The van der Waals surface area contributed by atoms with Gasteiger partial charge in [0.1, 0.15) is 12.4 Å². The summed E-state index contributed by atoms with van der Waals surface area (Å²) < 4.78 is 5.89. The van der Waals surface area contributed by atoms with E-state index in [9.17, 15) is 0 Å². The monoisotopic (exact) mass is 217 g/mol. The van der Waals surface area contributed by atoms with Gasteiger partial charge < -0.3 is 9.64 Å². The second-order valence-corrected chi connectivity index (χ2v) is 4.98. The van der Waals surface area contributed by atoms with Crippen LogP contribution < -0.4 is 9.64 Å². The van der Waals surface area contributed by atoms with Crippen molar-refractivity contribution in [1.29, 1.82) is 0 Å². The lowest BCUT2D eigenvalue weighted by Crippen LogP contribution is -2.42. The highest BCUT2D eigenvalue weighted by molar-refractivity contribution is 5.61. The van der Waals surface area contributed by atoms with Crippen LogP contribution in [0.2, 0.25) is 0 Å². The molecule has 1 saturated heterocycles. The van der Waals surface area contributed by atoms with Crippen LogP contribution in [0.1, 0.15) is 31.2 Å². The zero-order valence-electron chi connectivity index (χ0n) is 9.91. The molecule has 0 saturated carbocycles. The molecule has 16 heavy (non-hydrogen) atoms. The number of hydrogen-bond acceptors (Lipinski definition) is 2. The number of benzene rings is 1. The third kappa shape index (κ3) is 1.66. The summed E-state index contributed by atoms with van der Waals surface area (Å²) in [5, 5.41) is 0. The molecular formula is C14H19NO. The molecule has 2 heterocycles. The number of aryl methyl sites for hydroxylation is 1. The van der Waals surface area contributed by atoms with Gasteiger partial charge in [0.15, 0.2) is 0 Å². The van der Waals surface area contributed by atoms with Crippen molar-refractivity contribution in [3.63, 3.8) is 0 Å². The largest absolute Gasteiger partial charge is 0.489 e. The second-order valence-electron chi connectivity index (χ2n) is 4.98. The van der Waals surface area contributed by atoms with Gasteiger partial charge in [0.25, 0.3) is 0 Å². The molecule has 2 aliphatic heterocycles. The number of ether oxygens (including phenoxy) is 1. The van der Waals surface area contributed by atoms with Crippen LogP contribution in [0.4, 0.5) is 5.69 Å². The van der Waals surface area contributed by atoms with Gasteiger partial charge in [-0.2, -0.15) is 0 Å². The third-order valence-electron chi connectivity index (χ3n) is 3.73. The van der Waals surface area contributed by atoms with Gasteiger partial charge in [0.05, 0.1) is 11.7 Å². The lowest BCUT2D eigenvalue weighted by atomic mass is 10.1. The lowest BCUT2D eigenvalue weighted by Gasteiger charge is -2.37. The predicted octanol–water partition coefficient (Wildman–Crippen LogP) is 3.14. The van der Waals surface area contributed by atoms with E-state index in [0.717, 1.165) is 12.4 Å². The first-order valence-corrected chi connectivity index (χ1v) is 6.35. The van der Waals surface area contributed by atoms with E-state index in [4.69, 9.17) is 4.74 Å². The first kappa shape index (κ1) is 10.0. The third-order valence-corrected chi connectivity index (χ3v) is 3.73. The molecule has 0 N–H and O–H groups in total. The van der Waals surface area contributed by atoms with E-state index in [0.29, 0.717) is 6.04 Å². The Morgan fingerprint density at radius 3 is 3.12 bits per heavy atom. The molecule has 3 rings (SSSR count). The SMILES string of the molecule is Cc1ccc2c(c1)OCC1CCCCCN21. The van der Waals surface area contributed by atoms with E-state index < -0.39 is 0 Å². The van der Waals surface area contributed by atoms with Gasteiger partial charge in [-0.15, -0.1) is 0 Å². The van der Waals surface area contributed by atoms with E-state index >= 15 is 0 Å². The molecule has 1 unspecified atom stereocenters. The highest BCUT2D eigenvalue weighted by Crippen LogP contribution is 2.37. The normalized spacial score (nSPS) is 24.1. The maximum Gasteiger partial charge on any atom is 0.142 e. The van der Waals surface area contributed by atoms with Crippen LogP contribution in [-0.4, -0.2) is 19.2 Å². The van der Waals surface area contributed by atoms with Gasteiger partial charge in [0.2, 0.25) is 0 Å². The first-order valence-electron chi connectivity index (χ1n) is 6.35. The van der Waals surface area contributed by atoms with Crippen molar-refractivity contribution in [3.8, 4) is 5.75 Å². The highest BCUT2D eigenvalue weighted by Gasteiger charge is 2.28. The van der Waals surface area contributed by atoms with Crippen LogP contribution in [0.25, 0.3) is 0 Å². The molecule has 2 heteroatoms. The average Bonchev–Trinajstić information content (AvgIpc) is 2.53. The van der Waals surface area contributed by atoms with Crippen molar-refractivity contribution < 1.29 is 4.74 Å². The van der Waals surface area contributed by atoms with Crippen LogP contribution in [0.5, 0.6) is 5.75 Å². The fourth-order valence-electron chi connectivity index (χ4n) is 2.83. The number of nitrogens with zero attached hydrogens (tertiary/aromatic N) is 1. The standard InChI is InChI=1S/C14H19NO/c1-11-6-7-13-14(9-11)16-10-12-5-3-2-4-8-15(12)13/h6-7,9,12H,2-5,8,10H2,1H3. The fraction of sp³-hybridized carbons (Fsp3) is 0.571. The van der Waals surface area contributed by atoms with Gasteiger partial charge in [-0.05, 0) is 37.5 Å². The van der Waals surface area contributed by atoms with E-state index in [1.165, 1.54) is 43.5 Å². The Balaban J connectivity index is 1.97. The first-order chi connectivity index (χ1) is 7.84. The van der Waals surface area contributed by atoms with Gasteiger partial charge >= 0.3 is 0 Å². The molecule has 0 radical (unpaired) electrons. The fourth-order valence-corrected chi connectivity index (χ4v) is 2.83. The van der Waals surface area contributed by atoms with Crippen LogP contribution in [0, 0.1) is 6.92 Å².